The summed E-state index contributed by atoms with van der Waals surface area (Å²) in [7, 11) is 0. The highest BCUT2D eigenvalue weighted by Crippen LogP contribution is 2.27. The Kier molecular flexibility index (Phi) is 6.90. The lowest BCUT2D eigenvalue weighted by Crippen LogP contribution is -2.52. The van der Waals surface area contributed by atoms with E-state index in [4.69, 9.17) is 16.6 Å². The van der Waals surface area contributed by atoms with Gasteiger partial charge in [0.1, 0.15) is 23.0 Å². The number of anilines is 1. The van der Waals surface area contributed by atoms with Gasteiger partial charge >= 0.3 is 6.03 Å². The third-order valence-corrected chi connectivity index (χ3v) is 6.32. The van der Waals surface area contributed by atoms with Crippen molar-refractivity contribution in [2.75, 3.05) is 31.1 Å². The zero-order valence-corrected chi connectivity index (χ0v) is 20.1. The van der Waals surface area contributed by atoms with Crippen LogP contribution in [0.15, 0.2) is 60.7 Å². The average Bonchev–Trinajstić information content (AvgIpc) is 2.92. The smallest absolute Gasteiger partial charge is 0.317 e. The summed E-state index contributed by atoms with van der Waals surface area (Å²) < 4.78 is 27.2. The van der Waals surface area contributed by atoms with Crippen molar-refractivity contribution in [3.05, 3.63) is 83.7 Å². The first-order chi connectivity index (χ1) is 17.5. The van der Waals surface area contributed by atoms with Crippen LogP contribution < -0.4 is 10.2 Å². The van der Waals surface area contributed by atoms with Crippen LogP contribution in [0, 0.1) is 11.6 Å². The van der Waals surface area contributed by atoms with E-state index in [1.54, 1.807) is 35.2 Å². The highest BCUT2D eigenvalue weighted by atomic mass is 35.5. The molecule has 0 unspecified atom stereocenters. The van der Waals surface area contributed by atoms with Gasteiger partial charge in [-0.2, -0.15) is 0 Å². The van der Waals surface area contributed by atoms with Crippen molar-refractivity contribution < 1.29 is 13.6 Å². The summed E-state index contributed by atoms with van der Waals surface area (Å²) in [5, 5.41) is 2.79. The normalized spacial score (nSPS) is 13.8. The summed E-state index contributed by atoms with van der Waals surface area (Å²) >= 11 is 6.05. The maximum Gasteiger partial charge on any atom is 0.317 e. The van der Waals surface area contributed by atoms with Gasteiger partial charge in [-0.3, -0.25) is 0 Å². The Labute approximate surface area is 211 Å². The predicted octanol–water partition coefficient (Wildman–Crippen LogP) is 4.74. The molecule has 3 heterocycles. The van der Waals surface area contributed by atoms with Crippen LogP contribution in [0.5, 0.6) is 0 Å². The molecule has 0 aliphatic carbocycles. The number of hydrogen-bond donors (Lipinski definition) is 1. The van der Waals surface area contributed by atoms with Gasteiger partial charge in [0.25, 0.3) is 0 Å². The van der Waals surface area contributed by atoms with Gasteiger partial charge in [0.05, 0.1) is 17.1 Å². The maximum absolute atomic E-state index is 13.8. The van der Waals surface area contributed by atoms with E-state index >= 15 is 0 Å². The Hall–Kier alpha value is -3.85. The number of carbonyl (C=O) groups is 1. The quantitative estimate of drug-likeness (QED) is 0.394. The number of fused-ring (bicyclic) bond motifs is 1. The van der Waals surface area contributed by atoms with Gasteiger partial charge in [-0.05, 0) is 42.5 Å². The van der Waals surface area contributed by atoms with Crippen molar-refractivity contribution in [3.63, 3.8) is 0 Å². The third kappa shape index (κ3) is 5.06. The standard InChI is InChI=1S/C26H23ClF2N6O/c27-15-23-31-22-10-9-21(17-5-7-19(28)8-6-17)32-24(22)25(33-23)34-11-13-35(14-12-34)26(36)30-16-18-3-1-2-4-20(18)29/h1-10H,11-16H2,(H,30,36). The van der Waals surface area contributed by atoms with E-state index < -0.39 is 0 Å². The van der Waals surface area contributed by atoms with E-state index in [2.05, 4.69) is 20.2 Å². The van der Waals surface area contributed by atoms with E-state index in [0.29, 0.717) is 60.1 Å². The topological polar surface area (TPSA) is 74.2 Å². The van der Waals surface area contributed by atoms with Gasteiger partial charge in [-0.15, -0.1) is 11.6 Å². The molecule has 0 bridgehead atoms. The molecular weight excluding hydrogens is 486 g/mol. The highest BCUT2D eigenvalue weighted by molar-refractivity contribution is 6.16. The molecule has 2 amide bonds. The fraction of sp³-hybridized carbons (Fsp3) is 0.231. The maximum atomic E-state index is 13.8. The second-order valence-electron chi connectivity index (χ2n) is 8.39. The van der Waals surface area contributed by atoms with Gasteiger partial charge in [0.15, 0.2) is 5.82 Å². The molecule has 1 aliphatic heterocycles. The Bertz CT molecular complexity index is 1390. The van der Waals surface area contributed by atoms with E-state index in [-0.39, 0.29) is 30.1 Å². The number of piperazine rings is 1. The number of aromatic nitrogens is 3. The molecule has 1 aliphatic rings. The molecular formula is C26H23ClF2N6O. The summed E-state index contributed by atoms with van der Waals surface area (Å²) in [6.07, 6.45) is 0. The zero-order valence-electron chi connectivity index (χ0n) is 19.3. The van der Waals surface area contributed by atoms with Gasteiger partial charge in [0.2, 0.25) is 0 Å². The number of pyridine rings is 1. The second-order valence-corrected chi connectivity index (χ2v) is 8.66. The number of hydrogen-bond acceptors (Lipinski definition) is 5. The minimum Gasteiger partial charge on any atom is -0.351 e. The Morgan fingerprint density at radius 1 is 0.917 bits per heavy atom. The fourth-order valence-corrected chi connectivity index (χ4v) is 4.27. The Morgan fingerprint density at radius 3 is 2.39 bits per heavy atom. The molecule has 2 aromatic carbocycles. The number of carbonyl (C=O) groups excluding carboxylic acids is 1. The molecule has 1 saturated heterocycles. The lowest BCUT2D eigenvalue weighted by Gasteiger charge is -2.35. The minimum atomic E-state index is -0.346. The SMILES string of the molecule is O=C(NCc1ccccc1F)N1CCN(c2nc(CCl)nc3ccc(-c4ccc(F)cc4)nc23)CC1. The minimum absolute atomic E-state index is 0.122. The molecule has 0 atom stereocenters. The summed E-state index contributed by atoms with van der Waals surface area (Å²) in [5.41, 5.74) is 3.17. The van der Waals surface area contributed by atoms with Gasteiger partial charge in [-0.1, -0.05) is 18.2 Å². The molecule has 7 nitrogen and oxygen atoms in total. The molecule has 0 saturated carbocycles. The monoisotopic (exact) mass is 508 g/mol. The van der Waals surface area contributed by atoms with Crippen LogP contribution in [-0.4, -0.2) is 52.1 Å². The molecule has 0 spiro atoms. The van der Waals surface area contributed by atoms with Crippen LogP contribution >= 0.6 is 11.6 Å². The first kappa shape index (κ1) is 23.9. The van der Waals surface area contributed by atoms with Crippen molar-refractivity contribution in [1.29, 1.82) is 0 Å². The van der Waals surface area contributed by atoms with Gasteiger partial charge in [0, 0.05) is 43.9 Å². The number of urea groups is 1. The van der Waals surface area contributed by atoms with Crippen molar-refractivity contribution in [2.45, 2.75) is 12.4 Å². The van der Waals surface area contributed by atoms with Crippen LogP contribution in [0.1, 0.15) is 11.4 Å². The molecule has 1 fully saturated rings. The third-order valence-electron chi connectivity index (χ3n) is 6.08. The molecule has 0 radical (unpaired) electrons. The van der Waals surface area contributed by atoms with E-state index in [9.17, 15) is 13.6 Å². The van der Waals surface area contributed by atoms with Crippen molar-refractivity contribution in [2.24, 2.45) is 0 Å². The number of nitrogens with zero attached hydrogens (tertiary/aromatic N) is 5. The Balaban J connectivity index is 1.33. The Morgan fingerprint density at radius 2 is 1.67 bits per heavy atom. The van der Waals surface area contributed by atoms with Crippen molar-refractivity contribution >= 4 is 34.5 Å². The van der Waals surface area contributed by atoms with Crippen LogP contribution in [0.2, 0.25) is 0 Å². The summed E-state index contributed by atoms with van der Waals surface area (Å²) in [5.74, 6) is 0.625. The summed E-state index contributed by atoms with van der Waals surface area (Å²) in [6.45, 7) is 2.11. The molecule has 10 heteroatoms. The predicted molar refractivity (Wildman–Crippen MR) is 135 cm³/mol. The van der Waals surface area contributed by atoms with E-state index in [1.165, 1.54) is 18.2 Å². The number of nitrogens with one attached hydrogen (secondary N) is 1. The van der Waals surface area contributed by atoms with Gasteiger partial charge in [-0.25, -0.2) is 28.5 Å². The van der Waals surface area contributed by atoms with Crippen LogP contribution in [0.3, 0.4) is 0 Å². The number of benzene rings is 2. The number of alkyl halides is 1. The molecule has 36 heavy (non-hydrogen) atoms. The molecule has 2 aromatic heterocycles. The lowest BCUT2D eigenvalue weighted by atomic mass is 10.1. The van der Waals surface area contributed by atoms with Crippen LogP contribution in [0.25, 0.3) is 22.3 Å². The van der Waals surface area contributed by atoms with Gasteiger partial charge < -0.3 is 15.1 Å². The summed E-state index contributed by atoms with van der Waals surface area (Å²) in [6, 6.07) is 16.0. The fourth-order valence-electron chi connectivity index (χ4n) is 4.15. The number of halogens is 3. The molecule has 1 N–H and O–H groups in total. The highest BCUT2D eigenvalue weighted by Gasteiger charge is 2.24. The largest absolute Gasteiger partial charge is 0.351 e. The van der Waals surface area contributed by atoms with Crippen molar-refractivity contribution in [1.82, 2.24) is 25.2 Å². The molecule has 5 rings (SSSR count). The molecule has 184 valence electrons. The first-order valence-corrected chi connectivity index (χ1v) is 12.1. The summed E-state index contributed by atoms with van der Waals surface area (Å²) in [4.78, 5) is 30.4. The first-order valence-electron chi connectivity index (χ1n) is 11.5. The second kappa shape index (κ2) is 10.4. The van der Waals surface area contributed by atoms with Crippen LogP contribution in [0.4, 0.5) is 19.4 Å². The van der Waals surface area contributed by atoms with Crippen LogP contribution in [-0.2, 0) is 12.4 Å². The zero-order chi connectivity index (χ0) is 25.1. The average molecular weight is 509 g/mol. The van der Waals surface area contributed by atoms with E-state index in [1.807, 2.05) is 12.1 Å². The molecule has 4 aromatic rings. The lowest BCUT2D eigenvalue weighted by molar-refractivity contribution is 0.193. The van der Waals surface area contributed by atoms with E-state index in [0.717, 1.165) is 5.56 Å². The van der Waals surface area contributed by atoms with Crippen molar-refractivity contribution in [3.8, 4) is 11.3 Å². The number of amides is 2. The number of rotatable bonds is 5.